The Morgan fingerprint density at radius 2 is 1.88 bits per heavy atom. The summed E-state index contributed by atoms with van der Waals surface area (Å²) in [7, 11) is 0. The second kappa shape index (κ2) is 17.0. The highest BCUT2D eigenvalue weighted by Gasteiger charge is 2.23. The van der Waals surface area contributed by atoms with E-state index in [0.717, 1.165) is 63.6 Å². The fraction of sp³-hybridized carbons (Fsp3) is 0.680. The molecule has 33 heavy (non-hydrogen) atoms. The molecule has 2 rings (SSSR count). The van der Waals surface area contributed by atoms with Crippen LogP contribution in [0.5, 0.6) is 5.75 Å². The zero-order valence-corrected chi connectivity index (χ0v) is 23.2. The summed E-state index contributed by atoms with van der Waals surface area (Å²) in [4.78, 5) is 18.9. The quantitative estimate of drug-likeness (QED) is 0.170. The molecular formula is C25H44IN5O2. The highest BCUT2D eigenvalue weighted by atomic mass is 127. The van der Waals surface area contributed by atoms with E-state index in [0.29, 0.717) is 18.6 Å². The molecule has 0 radical (unpaired) electrons. The topological polar surface area (TPSA) is 78.0 Å². The second-order valence-electron chi connectivity index (χ2n) is 8.50. The Morgan fingerprint density at radius 3 is 2.48 bits per heavy atom. The molecule has 188 valence electrons. The lowest BCUT2D eigenvalue weighted by Gasteiger charge is -2.21. The Kier molecular flexibility index (Phi) is 15.2. The van der Waals surface area contributed by atoms with Gasteiger partial charge in [-0.3, -0.25) is 9.79 Å². The van der Waals surface area contributed by atoms with Crippen molar-refractivity contribution in [3.8, 4) is 5.75 Å². The first-order valence-corrected chi connectivity index (χ1v) is 12.3. The van der Waals surface area contributed by atoms with Crippen molar-refractivity contribution in [2.24, 2.45) is 4.99 Å². The molecular weight excluding hydrogens is 529 g/mol. The van der Waals surface area contributed by atoms with Gasteiger partial charge >= 0.3 is 0 Å². The summed E-state index contributed by atoms with van der Waals surface area (Å²) in [5, 5.41) is 9.80. The van der Waals surface area contributed by atoms with E-state index in [1.807, 2.05) is 24.3 Å². The number of benzene rings is 1. The monoisotopic (exact) mass is 573 g/mol. The van der Waals surface area contributed by atoms with Crippen molar-refractivity contribution < 1.29 is 9.53 Å². The molecule has 1 saturated carbocycles. The van der Waals surface area contributed by atoms with Crippen molar-refractivity contribution in [2.75, 3.05) is 39.3 Å². The second-order valence-corrected chi connectivity index (χ2v) is 8.50. The average molecular weight is 574 g/mol. The molecule has 1 aliphatic carbocycles. The first-order valence-electron chi connectivity index (χ1n) is 12.3. The van der Waals surface area contributed by atoms with Crippen molar-refractivity contribution in [3.63, 3.8) is 0 Å². The SMILES string of the molecule is CCNC(=NCCc1ccc(OCC(=O)NC2CC2)cc1)NC(C)CCCN(CC)CC.I. The predicted molar refractivity (Wildman–Crippen MR) is 148 cm³/mol. The predicted octanol–water partition coefficient (Wildman–Crippen LogP) is 3.57. The number of guanidine groups is 1. The molecule has 1 aromatic carbocycles. The van der Waals surface area contributed by atoms with Crippen LogP contribution < -0.4 is 20.7 Å². The minimum Gasteiger partial charge on any atom is -0.484 e. The van der Waals surface area contributed by atoms with Gasteiger partial charge in [-0.05, 0) is 83.3 Å². The van der Waals surface area contributed by atoms with Gasteiger partial charge in [0.15, 0.2) is 12.6 Å². The summed E-state index contributed by atoms with van der Waals surface area (Å²) in [5.41, 5.74) is 1.20. The highest BCUT2D eigenvalue weighted by Crippen LogP contribution is 2.18. The lowest BCUT2D eigenvalue weighted by molar-refractivity contribution is -0.123. The van der Waals surface area contributed by atoms with Crippen molar-refractivity contribution >= 4 is 35.8 Å². The molecule has 0 saturated heterocycles. The molecule has 1 amide bonds. The minimum atomic E-state index is -0.0448. The third-order valence-electron chi connectivity index (χ3n) is 5.64. The molecule has 1 atom stereocenters. The molecule has 8 heteroatoms. The number of hydrogen-bond acceptors (Lipinski definition) is 4. The third kappa shape index (κ3) is 13.1. The van der Waals surface area contributed by atoms with Gasteiger partial charge in [-0.15, -0.1) is 24.0 Å². The van der Waals surface area contributed by atoms with E-state index in [2.05, 4.69) is 48.5 Å². The van der Waals surface area contributed by atoms with Crippen LogP contribution in [0.15, 0.2) is 29.3 Å². The summed E-state index contributed by atoms with van der Waals surface area (Å²) in [6.07, 6.45) is 5.34. The number of halogens is 1. The number of carbonyl (C=O) groups excluding carboxylic acids is 1. The van der Waals surface area contributed by atoms with Crippen molar-refractivity contribution in [2.45, 2.75) is 71.9 Å². The summed E-state index contributed by atoms with van der Waals surface area (Å²) in [6.45, 7) is 13.8. The molecule has 1 aliphatic rings. The van der Waals surface area contributed by atoms with Gasteiger partial charge in [0.05, 0.1) is 0 Å². The Morgan fingerprint density at radius 1 is 1.18 bits per heavy atom. The molecule has 0 spiro atoms. The first-order chi connectivity index (χ1) is 15.5. The van der Waals surface area contributed by atoms with Crippen LogP contribution in [-0.2, 0) is 11.2 Å². The number of amides is 1. The zero-order valence-electron chi connectivity index (χ0n) is 20.9. The standard InChI is InChI=1S/C25H43N5O2.HI/c1-5-26-25(28-20(4)9-8-18-30(6-2)7-3)27-17-16-21-10-14-23(15-11-21)32-19-24(31)29-22-12-13-22;/h10-11,14-15,20,22H,5-9,12-13,16-19H2,1-4H3,(H,29,31)(H2,26,27,28);1H. The van der Waals surface area contributed by atoms with Gasteiger partial charge in [0.2, 0.25) is 0 Å². The Labute approximate surface area is 217 Å². The number of aliphatic imine (C=N–C) groups is 1. The number of hydrogen-bond donors (Lipinski definition) is 3. The summed E-state index contributed by atoms with van der Waals surface area (Å²) < 4.78 is 5.57. The smallest absolute Gasteiger partial charge is 0.258 e. The van der Waals surface area contributed by atoms with Crippen molar-refractivity contribution in [1.29, 1.82) is 0 Å². The normalized spacial score (nSPS) is 14.4. The van der Waals surface area contributed by atoms with Crippen LogP contribution in [0.3, 0.4) is 0 Å². The van der Waals surface area contributed by atoms with Gasteiger partial charge < -0.3 is 25.6 Å². The molecule has 1 unspecified atom stereocenters. The van der Waals surface area contributed by atoms with E-state index in [9.17, 15) is 4.79 Å². The van der Waals surface area contributed by atoms with E-state index >= 15 is 0 Å². The fourth-order valence-electron chi connectivity index (χ4n) is 3.48. The molecule has 0 aromatic heterocycles. The Balaban J connectivity index is 0.00000544. The van der Waals surface area contributed by atoms with Gasteiger partial charge in [-0.1, -0.05) is 26.0 Å². The van der Waals surface area contributed by atoms with Crippen molar-refractivity contribution in [3.05, 3.63) is 29.8 Å². The van der Waals surface area contributed by atoms with Crippen LogP contribution in [0, 0.1) is 0 Å². The van der Waals surface area contributed by atoms with Crippen LogP contribution in [0.4, 0.5) is 0 Å². The number of ether oxygens (including phenoxy) is 1. The molecule has 0 bridgehead atoms. The largest absolute Gasteiger partial charge is 0.484 e. The van der Waals surface area contributed by atoms with Crippen LogP contribution in [0.2, 0.25) is 0 Å². The third-order valence-corrected chi connectivity index (χ3v) is 5.64. The van der Waals surface area contributed by atoms with Crippen LogP contribution >= 0.6 is 24.0 Å². The van der Waals surface area contributed by atoms with Gasteiger partial charge in [0.1, 0.15) is 5.75 Å². The van der Waals surface area contributed by atoms with Crippen LogP contribution in [0.1, 0.15) is 58.9 Å². The summed E-state index contributed by atoms with van der Waals surface area (Å²) >= 11 is 0. The summed E-state index contributed by atoms with van der Waals surface area (Å²) in [5.74, 6) is 1.55. The van der Waals surface area contributed by atoms with Crippen molar-refractivity contribution in [1.82, 2.24) is 20.9 Å². The molecule has 3 N–H and O–H groups in total. The molecule has 0 aliphatic heterocycles. The first kappa shape index (κ1) is 29.5. The number of nitrogens with zero attached hydrogens (tertiary/aromatic N) is 2. The molecule has 1 aromatic rings. The minimum absolute atomic E-state index is 0. The van der Waals surface area contributed by atoms with E-state index in [1.165, 1.54) is 12.0 Å². The molecule has 1 fully saturated rings. The van der Waals surface area contributed by atoms with Gasteiger partial charge in [0.25, 0.3) is 5.91 Å². The number of rotatable bonds is 15. The Hall–Kier alpha value is -1.55. The number of carbonyl (C=O) groups is 1. The maximum Gasteiger partial charge on any atom is 0.258 e. The van der Waals surface area contributed by atoms with E-state index in [4.69, 9.17) is 9.73 Å². The molecule has 0 heterocycles. The van der Waals surface area contributed by atoms with Crippen LogP contribution in [-0.4, -0.2) is 68.2 Å². The maximum atomic E-state index is 11.7. The fourth-order valence-corrected chi connectivity index (χ4v) is 3.48. The average Bonchev–Trinajstić information content (AvgIpc) is 3.60. The van der Waals surface area contributed by atoms with Gasteiger partial charge in [-0.2, -0.15) is 0 Å². The van der Waals surface area contributed by atoms with E-state index in [-0.39, 0.29) is 36.5 Å². The van der Waals surface area contributed by atoms with Gasteiger partial charge in [-0.25, -0.2) is 0 Å². The molecule has 7 nitrogen and oxygen atoms in total. The number of nitrogens with one attached hydrogen (secondary N) is 3. The van der Waals surface area contributed by atoms with Crippen LogP contribution in [0.25, 0.3) is 0 Å². The zero-order chi connectivity index (χ0) is 23.2. The summed E-state index contributed by atoms with van der Waals surface area (Å²) in [6, 6.07) is 8.68. The lowest BCUT2D eigenvalue weighted by atomic mass is 10.1. The van der Waals surface area contributed by atoms with E-state index < -0.39 is 0 Å². The van der Waals surface area contributed by atoms with Gasteiger partial charge in [0, 0.05) is 25.2 Å². The lowest BCUT2D eigenvalue weighted by Crippen LogP contribution is -2.42. The Bertz CT molecular complexity index is 691. The van der Waals surface area contributed by atoms with E-state index in [1.54, 1.807) is 0 Å². The highest BCUT2D eigenvalue weighted by molar-refractivity contribution is 14.0. The maximum absolute atomic E-state index is 11.7.